The Balaban J connectivity index is 2.33. The number of nitrogens with zero attached hydrogens (tertiary/aromatic N) is 3. The number of esters is 1. The third-order valence-electron chi connectivity index (χ3n) is 4.09. The van der Waals surface area contributed by atoms with Crippen LogP contribution < -0.4 is 0 Å². The fraction of sp³-hybridized carbons (Fsp3) is 0.300. The van der Waals surface area contributed by atoms with Crippen molar-refractivity contribution in [3.05, 3.63) is 64.5 Å². The van der Waals surface area contributed by atoms with E-state index in [4.69, 9.17) is 14.4 Å². The maximum atomic E-state index is 13.2. The van der Waals surface area contributed by atoms with Crippen LogP contribution in [0, 0.1) is 6.92 Å². The molecule has 0 aliphatic heterocycles. The number of ether oxygens (including phenoxy) is 1. The van der Waals surface area contributed by atoms with E-state index < -0.39 is 17.7 Å². The number of halogens is 3. The van der Waals surface area contributed by atoms with Gasteiger partial charge in [0.25, 0.3) is 0 Å². The molecule has 0 bridgehead atoms. The Morgan fingerprint density at radius 1 is 1.13 bits per heavy atom. The Hall–Kier alpha value is -3.43. The van der Waals surface area contributed by atoms with Crippen LogP contribution in [0.3, 0.4) is 0 Å². The van der Waals surface area contributed by atoms with Gasteiger partial charge in [-0.05, 0) is 31.5 Å². The molecule has 0 saturated heterocycles. The summed E-state index contributed by atoms with van der Waals surface area (Å²) in [4.78, 5) is 25.8. The predicted octanol–water partition coefficient (Wildman–Crippen LogP) is 3.87. The number of hydrogen-bond acceptors (Lipinski definition) is 7. The quantitative estimate of drug-likeness (QED) is 0.384. The maximum absolute atomic E-state index is 13.2. The van der Waals surface area contributed by atoms with Crippen molar-refractivity contribution in [3.63, 3.8) is 0 Å². The second-order valence-corrected chi connectivity index (χ2v) is 6.06. The van der Waals surface area contributed by atoms with Gasteiger partial charge in [0.15, 0.2) is 5.71 Å². The molecule has 0 fully saturated rings. The number of benzene rings is 1. The Kier molecular flexibility index (Phi) is 7.51. The van der Waals surface area contributed by atoms with Crippen molar-refractivity contribution in [3.8, 4) is 0 Å². The summed E-state index contributed by atoms with van der Waals surface area (Å²) in [6.07, 6.45) is -3.33. The molecule has 0 unspecified atom stereocenters. The van der Waals surface area contributed by atoms with E-state index in [0.29, 0.717) is 11.1 Å². The number of aryl methyl sites for hydroxylation is 1. The smallest absolute Gasteiger partial charge is 0.418 e. The molecule has 30 heavy (non-hydrogen) atoms. The highest BCUT2D eigenvalue weighted by molar-refractivity contribution is 6.43. The number of carbonyl (C=O) groups excluding carboxylic acids is 1. The molecule has 0 amide bonds. The van der Waals surface area contributed by atoms with Gasteiger partial charge >= 0.3 is 12.1 Å². The molecule has 10 heteroatoms. The lowest BCUT2D eigenvalue weighted by atomic mass is 9.99. The minimum atomic E-state index is -4.57. The minimum Gasteiger partial charge on any atom is -0.464 e. The van der Waals surface area contributed by atoms with Gasteiger partial charge in [0.05, 0.1) is 18.4 Å². The van der Waals surface area contributed by atoms with Crippen LogP contribution in [-0.4, -0.2) is 36.6 Å². The van der Waals surface area contributed by atoms with E-state index in [1.54, 1.807) is 25.1 Å². The first-order chi connectivity index (χ1) is 14.2. The molecule has 0 N–H and O–H groups in total. The van der Waals surface area contributed by atoms with Crippen molar-refractivity contribution in [1.82, 2.24) is 4.98 Å². The Morgan fingerprint density at radius 2 is 1.87 bits per heavy atom. The van der Waals surface area contributed by atoms with Crippen molar-refractivity contribution >= 4 is 17.4 Å². The lowest BCUT2D eigenvalue weighted by Crippen LogP contribution is -2.20. The fourth-order valence-electron chi connectivity index (χ4n) is 2.66. The first-order valence-corrected chi connectivity index (χ1v) is 8.68. The van der Waals surface area contributed by atoms with Gasteiger partial charge in [-0.25, -0.2) is 4.79 Å². The van der Waals surface area contributed by atoms with Gasteiger partial charge in [0.2, 0.25) is 0 Å². The molecule has 1 aromatic carbocycles. The highest BCUT2D eigenvalue weighted by Crippen LogP contribution is 2.31. The van der Waals surface area contributed by atoms with Crippen LogP contribution in [0.2, 0.25) is 0 Å². The number of aromatic nitrogens is 1. The Bertz CT molecular complexity index is 972. The largest absolute Gasteiger partial charge is 0.464 e. The van der Waals surface area contributed by atoms with Crippen LogP contribution in [0.5, 0.6) is 0 Å². The summed E-state index contributed by atoms with van der Waals surface area (Å²) in [6, 6.07) is 7.23. The van der Waals surface area contributed by atoms with Gasteiger partial charge in [-0.3, -0.25) is 4.98 Å². The Labute approximate surface area is 171 Å². The molecule has 0 spiro atoms. The average molecular weight is 423 g/mol. The zero-order valence-electron chi connectivity index (χ0n) is 16.8. The normalized spacial score (nSPS) is 12.5. The van der Waals surface area contributed by atoms with Gasteiger partial charge in [-0.2, -0.15) is 13.2 Å². The van der Waals surface area contributed by atoms with E-state index >= 15 is 0 Å². The van der Waals surface area contributed by atoms with E-state index in [9.17, 15) is 18.0 Å². The summed E-state index contributed by atoms with van der Waals surface area (Å²) >= 11 is 0. The zero-order chi connectivity index (χ0) is 22.3. The number of pyridine rings is 1. The molecule has 2 rings (SSSR count). The van der Waals surface area contributed by atoms with Gasteiger partial charge in [-0.15, -0.1) is 0 Å². The van der Waals surface area contributed by atoms with E-state index in [0.717, 1.165) is 11.6 Å². The van der Waals surface area contributed by atoms with E-state index in [-0.39, 0.29) is 23.7 Å². The summed E-state index contributed by atoms with van der Waals surface area (Å²) in [5, 5.41) is 7.50. The van der Waals surface area contributed by atoms with Crippen LogP contribution in [0.15, 0.2) is 46.8 Å². The highest BCUT2D eigenvalue weighted by Gasteiger charge is 2.34. The molecule has 0 aliphatic carbocycles. The van der Waals surface area contributed by atoms with Crippen molar-refractivity contribution < 1.29 is 32.4 Å². The first kappa shape index (κ1) is 22.9. The number of rotatable bonds is 7. The fourth-order valence-corrected chi connectivity index (χ4v) is 2.66. The van der Waals surface area contributed by atoms with Crippen molar-refractivity contribution in [2.75, 3.05) is 14.2 Å². The molecule has 7 nitrogen and oxygen atoms in total. The van der Waals surface area contributed by atoms with Crippen LogP contribution in [0.1, 0.15) is 34.9 Å². The number of hydrogen-bond donors (Lipinski definition) is 0. The second-order valence-electron chi connectivity index (χ2n) is 6.06. The molecular weight excluding hydrogens is 403 g/mol. The highest BCUT2D eigenvalue weighted by atomic mass is 19.4. The van der Waals surface area contributed by atoms with Crippen LogP contribution in [0.25, 0.3) is 0 Å². The summed E-state index contributed by atoms with van der Waals surface area (Å²) in [7, 11) is 2.49. The third-order valence-corrected chi connectivity index (χ3v) is 4.09. The zero-order valence-corrected chi connectivity index (χ0v) is 16.8. The average Bonchev–Trinajstić information content (AvgIpc) is 2.72. The number of methoxy groups -OCH3 is 1. The number of carbonyl (C=O) groups is 1. The SMILES string of the molecule is CO/N=C(/C(=O)OC)c1cccc(C)c1CO/N=C(\C)c1ncccc1C(F)(F)F. The summed E-state index contributed by atoms with van der Waals surface area (Å²) in [5.74, 6) is -0.716. The predicted molar refractivity (Wildman–Crippen MR) is 103 cm³/mol. The van der Waals surface area contributed by atoms with E-state index in [1.807, 2.05) is 0 Å². The minimum absolute atomic E-state index is 0.0446. The summed E-state index contributed by atoms with van der Waals surface area (Å²) < 4.78 is 44.2. The number of oxime groups is 2. The van der Waals surface area contributed by atoms with Gasteiger partial charge in [0.1, 0.15) is 19.4 Å². The van der Waals surface area contributed by atoms with Crippen LogP contribution >= 0.6 is 0 Å². The monoisotopic (exact) mass is 423 g/mol. The maximum Gasteiger partial charge on any atom is 0.418 e. The molecule has 0 aliphatic rings. The molecule has 2 aromatic rings. The molecule has 1 aromatic heterocycles. The van der Waals surface area contributed by atoms with Gasteiger partial charge in [-0.1, -0.05) is 28.5 Å². The van der Waals surface area contributed by atoms with Crippen LogP contribution in [-0.2, 0) is 32.0 Å². The number of alkyl halides is 3. The van der Waals surface area contributed by atoms with E-state index in [2.05, 4.69) is 15.3 Å². The van der Waals surface area contributed by atoms with Crippen LogP contribution in [0.4, 0.5) is 13.2 Å². The standard InChI is InChI=1S/C20H20F3N3O4/c1-12-7-5-8-14(18(26-29-4)19(27)28-3)15(12)11-30-25-13(2)17-16(20(21,22)23)9-6-10-24-17/h5-10H,11H2,1-4H3/b25-13+,26-18+. The topological polar surface area (TPSA) is 82.4 Å². The second kappa shape index (κ2) is 9.86. The summed E-state index contributed by atoms with van der Waals surface area (Å²) in [6.45, 7) is 3.01. The Morgan fingerprint density at radius 3 is 2.50 bits per heavy atom. The van der Waals surface area contributed by atoms with Crippen molar-refractivity contribution in [2.45, 2.75) is 26.6 Å². The molecule has 0 atom stereocenters. The first-order valence-electron chi connectivity index (χ1n) is 8.68. The van der Waals surface area contributed by atoms with Crippen molar-refractivity contribution in [1.29, 1.82) is 0 Å². The van der Waals surface area contributed by atoms with Gasteiger partial charge in [0, 0.05) is 17.3 Å². The molecule has 1 heterocycles. The summed E-state index contributed by atoms with van der Waals surface area (Å²) in [5.41, 5.74) is 0.335. The molecule has 0 saturated carbocycles. The third kappa shape index (κ3) is 5.34. The van der Waals surface area contributed by atoms with Crippen molar-refractivity contribution in [2.24, 2.45) is 10.3 Å². The van der Waals surface area contributed by atoms with Gasteiger partial charge < -0.3 is 14.4 Å². The lowest BCUT2D eigenvalue weighted by molar-refractivity contribution is -0.138. The molecule has 0 radical (unpaired) electrons. The molecule has 160 valence electrons. The molecular formula is C20H20F3N3O4. The lowest BCUT2D eigenvalue weighted by Gasteiger charge is -2.13. The van der Waals surface area contributed by atoms with E-state index in [1.165, 1.54) is 33.4 Å².